The molecule has 0 unspecified atom stereocenters. The summed E-state index contributed by atoms with van der Waals surface area (Å²) in [7, 11) is 1.86. The van der Waals surface area contributed by atoms with Gasteiger partial charge < -0.3 is 10.5 Å². The molecule has 1 saturated heterocycles. The summed E-state index contributed by atoms with van der Waals surface area (Å²) in [5.74, 6) is 0. The monoisotopic (exact) mass is 396 g/mol. The number of alkyl halides is 3. The lowest BCUT2D eigenvalue weighted by Gasteiger charge is -2.48. The first kappa shape index (κ1) is 20.7. The molecule has 1 aromatic carbocycles. The van der Waals surface area contributed by atoms with Crippen LogP contribution >= 0.6 is 0 Å². The molecule has 0 amide bonds. The van der Waals surface area contributed by atoms with Crippen LogP contribution < -0.4 is 11.0 Å². The predicted octanol–water partition coefficient (Wildman–Crippen LogP) is 2.81. The lowest BCUT2D eigenvalue weighted by atomic mass is 9.77. The number of likely N-dealkylation sites (tertiary alicyclic amines) is 1. The molecule has 0 bridgehead atoms. The first-order valence-corrected chi connectivity index (χ1v) is 9.33. The van der Waals surface area contributed by atoms with Crippen molar-refractivity contribution in [3.8, 4) is 0 Å². The summed E-state index contributed by atoms with van der Waals surface area (Å²) >= 11 is 0. The van der Waals surface area contributed by atoms with Crippen LogP contribution in [0.15, 0.2) is 48.8 Å². The number of hydrogen-bond acceptors (Lipinski definition) is 5. The maximum Gasteiger partial charge on any atom is 0.416 e. The smallest absolute Gasteiger partial charge is 0.389 e. The number of benzene rings is 1. The summed E-state index contributed by atoms with van der Waals surface area (Å²) in [5, 5.41) is 13.1. The SMILES string of the molecule is C=CCN1[C@@H](C)C[C@@](O)(Cc2cccc(C(F)(F)F)c2)C[C@H]1C1=CN(C)NN1. The second-order valence-corrected chi connectivity index (χ2v) is 7.79. The highest BCUT2D eigenvalue weighted by Crippen LogP contribution is 2.37. The van der Waals surface area contributed by atoms with Gasteiger partial charge in [0.15, 0.2) is 0 Å². The van der Waals surface area contributed by atoms with E-state index in [0.29, 0.717) is 24.9 Å². The van der Waals surface area contributed by atoms with E-state index >= 15 is 0 Å². The Morgan fingerprint density at radius 2 is 2.11 bits per heavy atom. The maximum absolute atomic E-state index is 13.0. The lowest BCUT2D eigenvalue weighted by Crippen LogP contribution is -2.57. The minimum absolute atomic E-state index is 0.0427. The van der Waals surface area contributed by atoms with Crippen LogP contribution in [-0.2, 0) is 12.6 Å². The van der Waals surface area contributed by atoms with Crippen LogP contribution in [0.1, 0.15) is 30.9 Å². The summed E-state index contributed by atoms with van der Waals surface area (Å²) < 4.78 is 39.1. The van der Waals surface area contributed by atoms with Crippen LogP contribution in [0.3, 0.4) is 0 Å². The molecule has 1 aromatic rings. The summed E-state index contributed by atoms with van der Waals surface area (Å²) in [6.45, 7) is 6.51. The van der Waals surface area contributed by atoms with E-state index in [1.165, 1.54) is 6.07 Å². The van der Waals surface area contributed by atoms with Crippen molar-refractivity contribution in [1.82, 2.24) is 20.9 Å². The van der Waals surface area contributed by atoms with E-state index in [2.05, 4.69) is 22.4 Å². The lowest BCUT2D eigenvalue weighted by molar-refractivity contribution is -0.137. The normalized spacial score (nSPS) is 28.8. The minimum Gasteiger partial charge on any atom is -0.389 e. The predicted molar refractivity (Wildman–Crippen MR) is 102 cm³/mol. The number of hydrazine groups is 2. The zero-order valence-corrected chi connectivity index (χ0v) is 16.1. The molecule has 2 aliphatic heterocycles. The van der Waals surface area contributed by atoms with Crippen LogP contribution in [0.2, 0.25) is 0 Å². The average molecular weight is 396 g/mol. The van der Waals surface area contributed by atoms with Crippen molar-refractivity contribution >= 4 is 0 Å². The first-order chi connectivity index (χ1) is 13.1. The molecule has 3 atom stereocenters. The fraction of sp³-hybridized carbons (Fsp3) is 0.500. The van der Waals surface area contributed by atoms with E-state index in [4.69, 9.17) is 0 Å². The highest BCUT2D eigenvalue weighted by molar-refractivity contribution is 5.28. The van der Waals surface area contributed by atoms with Gasteiger partial charge in [0, 0.05) is 32.3 Å². The van der Waals surface area contributed by atoms with Crippen molar-refractivity contribution in [3.05, 3.63) is 59.9 Å². The summed E-state index contributed by atoms with van der Waals surface area (Å²) in [6, 6.07) is 5.17. The molecule has 8 heteroatoms. The van der Waals surface area contributed by atoms with E-state index in [9.17, 15) is 18.3 Å². The highest BCUT2D eigenvalue weighted by atomic mass is 19.4. The molecule has 3 rings (SSSR count). The Hall–Kier alpha value is -2.03. The van der Waals surface area contributed by atoms with Gasteiger partial charge in [0.1, 0.15) is 0 Å². The van der Waals surface area contributed by atoms with E-state index in [1.807, 2.05) is 26.2 Å². The third kappa shape index (κ3) is 4.51. The van der Waals surface area contributed by atoms with Gasteiger partial charge in [0.05, 0.1) is 22.9 Å². The molecule has 0 aromatic heterocycles. The van der Waals surface area contributed by atoms with Crippen molar-refractivity contribution in [2.75, 3.05) is 13.6 Å². The van der Waals surface area contributed by atoms with Crippen LogP contribution in [0, 0.1) is 0 Å². The topological polar surface area (TPSA) is 50.8 Å². The molecule has 2 aliphatic rings. The molecule has 1 fully saturated rings. The van der Waals surface area contributed by atoms with Gasteiger partial charge >= 0.3 is 6.18 Å². The number of nitrogens with zero attached hydrogens (tertiary/aromatic N) is 2. The standard InChI is InChI=1S/C20H27F3N4O/c1-4-8-27-14(2)10-19(28,12-18(27)17-13-26(3)25-24-17)11-15-6-5-7-16(9-15)20(21,22)23/h4-7,9,13-14,18,24-25,28H,1,8,10-12H2,2-3H3/t14-,18-,19+/m0/s1. The molecule has 3 N–H and O–H groups in total. The second-order valence-electron chi connectivity index (χ2n) is 7.79. The Kier molecular flexibility index (Phi) is 5.74. The van der Waals surface area contributed by atoms with Crippen LogP contribution in [-0.4, -0.2) is 46.3 Å². The molecule has 5 nitrogen and oxygen atoms in total. The van der Waals surface area contributed by atoms with Gasteiger partial charge in [0.25, 0.3) is 0 Å². The Morgan fingerprint density at radius 3 is 2.71 bits per heavy atom. The van der Waals surface area contributed by atoms with E-state index in [-0.39, 0.29) is 18.5 Å². The van der Waals surface area contributed by atoms with Crippen LogP contribution in [0.5, 0.6) is 0 Å². The third-order valence-corrected chi connectivity index (χ3v) is 5.41. The van der Waals surface area contributed by atoms with Gasteiger partial charge in [-0.2, -0.15) is 13.2 Å². The minimum atomic E-state index is -4.39. The summed E-state index contributed by atoms with van der Waals surface area (Å²) in [4.78, 5) is 2.24. The molecule has 0 radical (unpaired) electrons. The quantitative estimate of drug-likeness (QED) is 0.669. The Balaban J connectivity index is 1.85. The second kappa shape index (κ2) is 7.77. The van der Waals surface area contributed by atoms with Crippen molar-refractivity contribution < 1.29 is 18.3 Å². The van der Waals surface area contributed by atoms with Gasteiger partial charge in [-0.3, -0.25) is 9.91 Å². The third-order valence-electron chi connectivity index (χ3n) is 5.41. The molecule has 154 valence electrons. The number of aliphatic hydroxyl groups is 1. The van der Waals surface area contributed by atoms with Gasteiger partial charge in [-0.15, -0.1) is 12.1 Å². The van der Waals surface area contributed by atoms with E-state index in [0.717, 1.165) is 17.8 Å². The average Bonchev–Trinajstić information content (AvgIpc) is 3.03. The van der Waals surface area contributed by atoms with Gasteiger partial charge in [-0.1, -0.05) is 24.3 Å². The first-order valence-electron chi connectivity index (χ1n) is 9.33. The number of piperidine rings is 1. The Morgan fingerprint density at radius 1 is 1.36 bits per heavy atom. The van der Waals surface area contributed by atoms with E-state index in [1.54, 1.807) is 11.1 Å². The van der Waals surface area contributed by atoms with Crippen molar-refractivity contribution in [1.29, 1.82) is 0 Å². The highest BCUT2D eigenvalue weighted by Gasteiger charge is 2.44. The molecule has 0 saturated carbocycles. The molecular formula is C20H27F3N4O. The molecular weight excluding hydrogens is 369 g/mol. The van der Waals surface area contributed by atoms with E-state index < -0.39 is 17.3 Å². The number of rotatable bonds is 5. The number of hydrogen-bond donors (Lipinski definition) is 3. The van der Waals surface area contributed by atoms with Crippen molar-refractivity contribution in [2.24, 2.45) is 0 Å². The number of halogens is 3. The van der Waals surface area contributed by atoms with Gasteiger partial charge in [0.2, 0.25) is 0 Å². The number of nitrogens with one attached hydrogen (secondary N) is 2. The van der Waals surface area contributed by atoms with Crippen LogP contribution in [0.25, 0.3) is 0 Å². The molecule has 0 aliphatic carbocycles. The van der Waals surface area contributed by atoms with Crippen LogP contribution in [0.4, 0.5) is 13.2 Å². The Labute approximate surface area is 163 Å². The summed E-state index contributed by atoms with van der Waals surface area (Å²) in [5.41, 5.74) is 5.71. The Bertz CT molecular complexity index is 751. The van der Waals surface area contributed by atoms with Gasteiger partial charge in [-0.05, 0) is 31.4 Å². The molecule has 2 heterocycles. The zero-order valence-electron chi connectivity index (χ0n) is 16.1. The van der Waals surface area contributed by atoms with Gasteiger partial charge in [-0.25, -0.2) is 0 Å². The fourth-order valence-corrected chi connectivity index (χ4v) is 4.26. The molecule has 28 heavy (non-hydrogen) atoms. The molecule has 0 spiro atoms. The zero-order chi connectivity index (χ0) is 20.5. The maximum atomic E-state index is 13.0. The summed E-state index contributed by atoms with van der Waals surface area (Å²) in [6.07, 6.45) is 0.420. The van der Waals surface area contributed by atoms with Crippen molar-refractivity contribution in [3.63, 3.8) is 0 Å². The largest absolute Gasteiger partial charge is 0.416 e. The van der Waals surface area contributed by atoms with Crippen molar-refractivity contribution in [2.45, 2.75) is 50.0 Å². The fourth-order valence-electron chi connectivity index (χ4n) is 4.26.